The minimum absolute atomic E-state index is 0.299. The van der Waals surface area contributed by atoms with Crippen LogP contribution < -0.4 is 0 Å². The van der Waals surface area contributed by atoms with Gasteiger partial charge in [-0.05, 0) is 31.9 Å². The number of fused-ring (bicyclic) bond motifs is 1. The summed E-state index contributed by atoms with van der Waals surface area (Å²) in [6, 6.07) is 4.86. The van der Waals surface area contributed by atoms with Gasteiger partial charge in [-0.1, -0.05) is 12.1 Å². The number of carbonyl (C=O) groups excluding carboxylic acids is 4. The molecule has 1 aromatic carbocycles. The highest BCUT2D eigenvalue weighted by Gasteiger charge is 2.44. The Labute approximate surface area is 139 Å². The molecule has 2 aliphatic rings. The number of ether oxygens (including phenoxy) is 1. The highest BCUT2D eigenvalue weighted by Crippen LogP contribution is 2.27. The molecular weight excluding hydrogens is 312 g/mol. The van der Waals surface area contributed by atoms with Crippen molar-refractivity contribution in [2.45, 2.75) is 31.8 Å². The van der Waals surface area contributed by atoms with Crippen molar-refractivity contribution in [2.75, 3.05) is 13.7 Å². The maximum atomic E-state index is 12.8. The number of rotatable bonds is 3. The first kappa shape index (κ1) is 16.2. The Morgan fingerprint density at radius 1 is 1.17 bits per heavy atom. The standard InChI is InChI=1S/C17H18N2O5/c1-10(14(20)18-9-5-8-13(18)17(23)24-2)19-15(21)11-6-3-4-7-12(11)16(19)22/h3-4,6-7,10,13H,5,8-9H2,1-2H3. The average molecular weight is 330 g/mol. The summed E-state index contributed by atoms with van der Waals surface area (Å²) in [4.78, 5) is 51.9. The molecule has 2 aliphatic heterocycles. The Hall–Kier alpha value is -2.70. The number of nitrogens with zero attached hydrogens (tertiary/aromatic N) is 2. The number of likely N-dealkylation sites (tertiary alicyclic amines) is 1. The summed E-state index contributed by atoms with van der Waals surface area (Å²) in [5.74, 6) is -1.86. The van der Waals surface area contributed by atoms with Crippen LogP contribution in [-0.4, -0.2) is 59.2 Å². The van der Waals surface area contributed by atoms with Crippen molar-refractivity contribution in [2.24, 2.45) is 0 Å². The van der Waals surface area contributed by atoms with Gasteiger partial charge in [0.1, 0.15) is 12.1 Å². The molecule has 7 nitrogen and oxygen atoms in total. The van der Waals surface area contributed by atoms with E-state index in [2.05, 4.69) is 0 Å². The van der Waals surface area contributed by atoms with Crippen LogP contribution in [0.2, 0.25) is 0 Å². The number of benzene rings is 1. The quantitative estimate of drug-likeness (QED) is 0.605. The fourth-order valence-electron chi connectivity index (χ4n) is 3.32. The Bertz CT molecular complexity index is 694. The molecule has 3 amide bonds. The molecule has 126 valence electrons. The van der Waals surface area contributed by atoms with E-state index in [-0.39, 0.29) is 0 Å². The molecule has 2 unspecified atom stereocenters. The molecule has 24 heavy (non-hydrogen) atoms. The highest BCUT2D eigenvalue weighted by atomic mass is 16.5. The van der Waals surface area contributed by atoms with Gasteiger partial charge in [0.15, 0.2) is 0 Å². The molecule has 0 radical (unpaired) electrons. The van der Waals surface area contributed by atoms with Gasteiger partial charge in [-0.15, -0.1) is 0 Å². The third kappa shape index (κ3) is 2.36. The molecule has 0 bridgehead atoms. The van der Waals surface area contributed by atoms with Gasteiger partial charge in [-0.2, -0.15) is 0 Å². The molecule has 0 saturated carbocycles. The average Bonchev–Trinajstić information content (AvgIpc) is 3.18. The Kier molecular flexibility index (Phi) is 4.09. The van der Waals surface area contributed by atoms with Gasteiger partial charge in [0.05, 0.1) is 18.2 Å². The van der Waals surface area contributed by atoms with Crippen molar-refractivity contribution in [1.29, 1.82) is 0 Å². The lowest BCUT2D eigenvalue weighted by atomic mass is 10.1. The van der Waals surface area contributed by atoms with E-state index < -0.39 is 35.8 Å². The maximum Gasteiger partial charge on any atom is 0.328 e. The van der Waals surface area contributed by atoms with Crippen molar-refractivity contribution < 1.29 is 23.9 Å². The number of amides is 3. The summed E-state index contributed by atoms with van der Waals surface area (Å²) in [5, 5.41) is 0. The molecular formula is C17H18N2O5. The van der Waals surface area contributed by atoms with Crippen LogP contribution >= 0.6 is 0 Å². The van der Waals surface area contributed by atoms with Gasteiger partial charge in [-0.3, -0.25) is 19.3 Å². The fraction of sp³-hybridized carbons (Fsp3) is 0.412. The van der Waals surface area contributed by atoms with Crippen LogP contribution in [0.4, 0.5) is 0 Å². The van der Waals surface area contributed by atoms with Crippen molar-refractivity contribution in [1.82, 2.24) is 9.80 Å². The number of methoxy groups -OCH3 is 1. The molecule has 3 rings (SSSR count). The van der Waals surface area contributed by atoms with Crippen molar-refractivity contribution in [3.05, 3.63) is 35.4 Å². The molecule has 0 spiro atoms. The van der Waals surface area contributed by atoms with Gasteiger partial charge < -0.3 is 9.64 Å². The molecule has 7 heteroatoms. The fourth-order valence-corrected chi connectivity index (χ4v) is 3.32. The molecule has 2 heterocycles. The topological polar surface area (TPSA) is 84.0 Å². The third-order valence-electron chi connectivity index (χ3n) is 4.58. The van der Waals surface area contributed by atoms with Crippen LogP contribution in [0.3, 0.4) is 0 Å². The number of esters is 1. The van der Waals surface area contributed by atoms with Crippen molar-refractivity contribution in [3.8, 4) is 0 Å². The van der Waals surface area contributed by atoms with Crippen LogP contribution in [0.1, 0.15) is 40.5 Å². The van der Waals surface area contributed by atoms with E-state index >= 15 is 0 Å². The summed E-state index contributed by atoms with van der Waals surface area (Å²) >= 11 is 0. The normalized spacial score (nSPS) is 21.0. The van der Waals surface area contributed by atoms with E-state index in [1.165, 1.54) is 18.9 Å². The second-order valence-electron chi connectivity index (χ2n) is 5.91. The molecule has 0 aromatic heterocycles. The zero-order valence-electron chi connectivity index (χ0n) is 13.5. The smallest absolute Gasteiger partial charge is 0.328 e. The first-order valence-electron chi connectivity index (χ1n) is 7.82. The van der Waals surface area contributed by atoms with Crippen molar-refractivity contribution in [3.63, 3.8) is 0 Å². The summed E-state index contributed by atoms with van der Waals surface area (Å²) in [6.45, 7) is 1.92. The summed E-state index contributed by atoms with van der Waals surface area (Å²) in [6.07, 6.45) is 1.20. The predicted octanol–water partition coefficient (Wildman–Crippen LogP) is 0.835. The van der Waals surface area contributed by atoms with E-state index in [1.807, 2.05) is 0 Å². The van der Waals surface area contributed by atoms with Gasteiger partial charge in [0.2, 0.25) is 5.91 Å². The van der Waals surface area contributed by atoms with E-state index in [9.17, 15) is 19.2 Å². The first-order chi connectivity index (χ1) is 11.5. The van der Waals surface area contributed by atoms with E-state index in [4.69, 9.17) is 4.74 Å². The Morgan fingerprint density at radius 2 is 1.75 bits per heavy atom. The SMILES string of the molecule is COC(=O)C1CCCN1C(=O)C(C)N1C(=O)c2ccccc2C1=O. The van der Waals surface area contributed by atoms with Gasteiger partial charge in [0.25, 0.3) is 11.8 Å². The summed E-state index contributed by atoms with van der Waals surface area (Å²) < 4.78 is 4.73. The highest BCUT2D eigenvalue weighted by molar-refractivity contribution is 6.22. The minimum atomic E-state index is -0.970. The molecule has 1 fully saturated rings. The largest absolute Gasteiger partial charge is 0.467 e. The van der Waals surface area contributed by atoms with Gasteiger partial charge in [-0.25, -0.2) is 4.79 Å². The molecule has 2 atom stereocenters. The van der Waals surface area contributed by atoms with Crippen LogP contribution in [0.5, 0.6) is 0 Å². The van der Waals surface area contributed by atoms with Crippen molar-refractivity contribution >= 4 is 23.7 Å². The van der Waals surface area contributed by atoms with Crippen LogP contribution in [-0.2, 0) is 14.3 Å². The number of imide groups is 1. The molecule has 1 saturated heterocycles. The minimum Gasteiger partial charge on any atom is -0.467 e. The third-order valence-corrected chi connectivity index (χ3v) is 4.58. The monoisotopic (exact) mass is 330 g/mol. The van der Waals surface area contributed by atoms with Gasteiger partial charge in [0, 0.05) is 6.54 Å². The summed E-state index contributed by atoms with van der Waals surface area (Å²) in [5.41, 5.74) is 0.598. The predicted molar refractivity (Wildman–Crippen MR) is 83.2 cm³/mol. The maximum absolute atomic E-state index is 12.8. The Morgan fingerprint density at radius 3 is 2.29 bits per heavy atom. The lowest BCUT2D eigenvalue weighted by molar-refractivity contribution is -0.152. The van der Waals surface area contributed by atoms with E-state index in [1.54, 1.807) is 24.3 Å². The molecule has 0 aliphatic carbocycles. The van der Waals surface area contributed by atoms with E-state index in [0.717, 1.165) is 4.90 Å². The number of hydrogen-bond acceptors (Lipinski definition) is 5. The lowest BCUT2D eigenvalue weighted by Gasteiger charge is -2.29. The zero-order valence-corrected chi connectivity index (χ0v) is 13.5. The number of hydrogen-bond donors (Lipinski definition) is 0. The van der Waals surface area contributed by atoms with Crippen LogP contribution in [0, 0.1) is 0 Å². The first-order valence-corrected chi connectivity index (χ1v) is 7.82. The number of carbonyl (C=O) groups is 4. The molecule has 0 N–H and O–H groups in total. The second-order valence-corrected chi connectivity index (χ2v) is 5.91. The summed E-state index contributed by atoms with van der Waals surface area (Å²) in [7, 11) is 1.27. The van der Waals surface area contributed by atoms with E-state index in [0.29, 0.717) is 30.5 Å². The van der Waals surface area contributed by atoms with Crippen LogP contribution in [0.25, 0.3) is 0 Å². The molecule has 1 aromatic rings. The Balaban J connectivity index is 1.83. The zero-order chi connectivity index (χ0) is 17.4. The lowest BCUT2D eigenvalue weighted by Crippen LogP contribution is -2.52. The second kappa shape index (κ2) is 6.07. The van der Waals surface area contributed by atoms with Gasteiger partial charge >= 0.3 is 5.97 Å². The van der Waals surface area contributed by atoms with Crippen LogP contribution in [0.15, 0.2) is 24.3 Å².